The molecule has 0 aliphatic heterocycles. The van der Waals surface area contributed by atoms with Crippen molar-refractivity contribution in [2.24, 2.45) is 0 Å². The molecule has 0 atom stereocenters. The SMILES string of the molecule is O=S(=O)(F)CCc1ccc(Cl)nc1. The largest absolute Gasteiger partial charge is 0.302 e. The smallest absolute Gasteiger partial charge is 0.244 e. The lowest BCUT2D eigenvalue weighted by molar-refractivity contribution is 0.551. The molecular formula is C7H7ClFNO2S. The molecule has 6 heteroatoms. The van der Waals surface area contributed by atoms with E-state index >= 15 is 0 Å². The van der Waals surface area contributed by atoms with E-state index in [1.54, 1.807) is 6.07 Å². The van der Waals surface area contributed by atoms with Crippen LogP contribution in [0.1, 0.15) is 5.56 Å². The molecule has 0 spiro atoms. The number of rotatable bonds is 3. The first-order chi connectivity index (χ1) is 5.97. The van der Waals surface area contributed by atoms with Crippen molar-refractivity contribution in [3.63, 3.8) is 0 Å². The monoisotopic (exact) mass is 223 g/mol. The van der Waals surface area contributed by atoms with Gasteiger partial charge in [0, 0.05) is 6.20 Å². The van der Waals surface area contributed by atoms with Crippen LogP contribution in [0.5, 0.6) is 0 Å². The van der Waals surface area contributed by atoms with Gasteiger partial charge in [0.1, 0.15) is 5.15 Å². The average molecular weight is 224 g/mol. The fourth-order valence-electron chi connectivity index (χ4n) is 0.794. The number of aryl methyl sites for hydroxylation is 1. The minimum absolute atomic E-state index is 0.114. The molecule has 1 aromatic rings. The number of aromatic nitrogens is 1. The zero-order valence-corrected chi connectivity index (χ0v) is 8.15. The van der Waals surface area contributed by atoms with Gasteiger partial charge in [-0.3, -0.25) is 0 Å². The molecule has 1 rings (SSSR count). The van der Waals surface area contributed by atoms with Crippen LogP contribution in [0, 0.1) is 0 Å². The molecule has 0 amide bonds. The summed E-state index contributed by atoms with van der Waals surface area (Å²) in [7, 11) is -4.39. The van der Waals surface area contributed by atoms with Crippen molar-refractivity contribution in [3.05, 3.63) is 29.0 Å². The maximum Gasteiger partial charge on any atom is 0.302 e. The zero-order chi connectivity index (χ0) is 9.90. The van der Waals surface area contributed by atoms with Crippen LogP contribution < -0.4 is 0 Å². The first kappa shape index (κ1) is 10.4. The van der Waals surface area contributed by atoms with Crippen molar-refractivity contribution in [2.75, 3.05) is 5.75 Å². The topological polar surface area (TPSA) is 47.0 Å². The molecule has 0 aliphatic rings. The molecule has 13 heavy (non-hydrogen) atoms. The van der Waals surface area contributed by atoms with E-state index in [0.29, 0.717) is 10.7 Å². The van der Waals surface area contributed by atoms with E-state index in [-0.39, 0.29) is 6.42 Å². The van der Waals surface area contributed by atoms with Gasteiger partial charge in [0.25, 0.3) is 0 Å². The van der Waals surface area contributed by atoms with Gasteiger partial charge in [-0.1, -0.05) is 17.7 Å². The highest BCUT2D eigenvalue weighted by Gasteiger charge is 2.06. The predicted octanol–water partition coefficient (Wildman–Crippen LogP) is 1.58. The van der Waals surface area contributed by atoms with Crippen LogP contribution in [0.4, 0.5) is 3.89 Å². The van der Waals surface area contributed by atoms with E-state index in [9.17, 15) is 12.3 Å². The molecule has 72 valence electrons. The third-order valence-electron chi connectivity index (χ3n) is 1.42. The van der Waals surface area contributed by atoms with Gasteiger partial charge in [-0.05, 0) is 18.1 Å². The molecule has 0 fully saturated rings. The molecule has 0 radical (unpaired) electrons. The van der Waals surface area contributed by atoms with Gasteiger partial charge in [-0.2, -0.15) is 8.42 Å². The number of halogens is 2. The molecule has 0 bridgehead atoms. The highest BCUT2D eigenvalue weighted by Crippen LogP contribution is 2.07. The van der Waals surface area contributed by atoms with Crippen molar-refractivity contribution in [3.8, 4) is 0 Å². The predicted molar refractivity (Wildman–Crippen MR) is 47.8 cm³/mol. The quantitative estimate of drug-likeness (QED) is 0.577. The van der Waals surface area contributed by atoms with Crippen LogP contribution in [0.3, 0.4) is 0 Å². The molecule has 0 aliphatic carbocycles. The summed E-state index contributed by atoms with van der Waals surface area (Å²) in [5.41, 5.74) is 0.644. The summed E-state index contributed by atoms with van der Waals surface area (Å²) in [5.74, 6) is -0.518. The van der Waals surface area contributed by atoms with Crippen molar-refractivity contribution in [1.82, 2.24) is 4.98 Å². The van der Waals surface area contributed by atoms with E-state index in [1.807, 2.05) is 0 Å². The number of hydrogen-bond acceptors (Lipinski definition) is 3. The van der Waals surface area contributed by atoms with Crippen molar-refractivity contribution in [2.45, 2.75) is 6.42 Å². The van der Waals surface area contributed by atoms with Crippen molar-refractivity contribution < 1.29 is 12.3 Å². The summed E-state index contributed by atoms with van der Waals surface area (Å²) in [6.07, 6.45) is 1.54. The Balaban J connectivity index is 2.61. The van der Waals surface area contributed by atoms with Gasteiger partial charge in [0.15, 0.2) is 0 Å². The summed E-state index contributed by atoms with van der Waals surface area (Å²) in [6.45, 7) is 0. The fraction of sp³-hybridized carbons (Fsp3) is 0.286. The molecule has 0 saturated heterocycles. The Labute approximate surface area is 80.8 Å². The summed E-state index contributed by atoms with van der Waals surface area (Å²) in [6, 6.07) is 3.14. The lowest BCUT2D eigenvalue weighted by Crippen LogP contribution is -2.02. The first-order valence-electron chi connectivity index (χ1n) is 3.50. The summed E-state index contributed by atoms with van der Waals surface area (Å²) < 4.78 is 32.4. The Hall–Kier alpha value is -0.680. The Morgan fingerprint density at radius 3 is 2.62 bits per heavy atom. The maximum absolute atomic E-state index is 12.1. The molecule has 1 aromatic heterocycles. The molecule has 1 heterocycles. The summed E-state index contributed by atoms with van der Waals surface area (Å²) in [4.78, 5) is 3.73. The van der Waals surface area contributed by atoms with Crippen LogP contribution in [-0.2, 0) is 16.6 Å². The van der Waals surface area contributed by atoms with E-state index < -0.39 is 16.0 Å². The second-order valence-electron chi connectivity index (χ2n) is 2.48. The zero-order valence-electron chi connectivity index (χ0n) is 6.57. The van der Waals surface area contributed by atoms with Gasteiger partial charge < -0.3 is 0 Å². The Bertz CT molecular complexity index is 376. The standard InChI is InChI=1S/C7H7ClFNO2S/c8-7-2-1-6(5-10-7)3-4-13(9,11)12/h1-2,5H,3-4H2. The van der Waals surface area contributed by atoms with Crippen LogP contribution in [0.15, 0.2) is 18.3 Å². The van der Waals surface area contributed by atoms with E-state index in [1.165, 1.54) is 12.3 Å². The Morgan fingerprint density at radius 2 is 2.15 bits per heavy atom. The average Bonchev–Trinajstić information content (AvgIpc) is 2.02. The Morgan fingerprint density at radius 1 is 1.46 bits per heavy atom. The van der Waals surface area contributed by atoms with Crippen LogP contribution in [0.25, 0.3) is 0 Å². The molecule has 0 unspecified atom stereocenters. The highest BCUT2D eigenvalue weighted by molar-refractivity contribution is 7.86. The Kier molecular flexibility index (Phi) is 3.22. The first-order valence-corrected chi connectivity index (χ1v) is 5.43. The molecular weight excluding hydrogens is 217 g/mol. The minimum Gasteiger partial charge on any atom is -0.244 e. The molecule has 0 N–H and O–H groups in total. The molecule has 3 nitrogen and oxygen atoms in total. The number of nitrogens with zero attached hydrogens (tertiary/aromatic N) is 1. The van der Waals surface area contributed by atoms with E-state index in [4.69, 9.17) is 11.6 Å². The number of pyridine rings is 1. The van der Waals surface area contributed by atoms with Crippen LogP contribution in [0.2, 0.25) is 5.15 Å². The third-order valence-corrected chi connectivity index (χ3v) is 2.34. The van der Waals surface area contributed by atoms with Gasteiger partial charge in [-0.15, -0.1) is 3.89 Å². The lowest BCUT2D eigenvalue weighted by atomic mass is 10.2. The van der Waals surface area contributed by atoms with E-state index in [0.717, 1.165) is 0 Å². The van der Waals surface area contributed by atoms with Crippen LogP contribution >= 0.6 is 11.6 Å². The molecule has 0 aromatic carbocycles. The van der Waals surface area contributed by atoms with Gasteiger partial charge in [-0.25, -0.2) is 4.98 Å². The minimum atomic E-state index is -4.39. The van der Waals surface area contributed by atoms with Gasteiger partial charge in [0.2, 0.25) is 0 Å². The number of hydrogen-bond donors (Lipinski definition) is 0. The third kappa shape index (κ3) is 4.19. The van der Waals surface area contributed by atoms with Gasteiger partial charge in [0.05, 0.1) is 5.75 Å². The van der Waals surface area contributed by atoms with E-state index in [2.05, 4.69) is 4.98 Å². The lowest BCUT2D eigenvalue weighted by Gasteiger charge is -1.97. The normalized spacial score (nSPS) is 11.5. The molecule has 0 saturated carbocycles. The van der Waals surface area contributed by atoms with Crippen molar-refractivity contribution >= 4 is 21.8 Å². The maximum atomic E-state index is 12.1. The summed E-state index contributed by atoms with van der Waals surface area (Å²) >= 11 is 5.50. The van der Waals surface area contributed by atoms with Gasteiger partial charge >= 0.3 is 10.2 Å². The highest BCUT2D eigenvalue weighted by atomic mass is 35.5. The fourth-order valence-corrected chi connectivity index (χ4v) is 1.39. The van der Waals surface area contributed by atoms with Crippen molar-refractivity contribution in [1.29, 1.82) is 0 Å². The second kappa shape index (κ2) is 4.02. The van der Waals surface area contributed by atoms with Crippen LogP contribution in [-0.4, -0.2) is 19.2 Å². The second-order valence-corrected chi connectivity index (χ2v) is 4.36. The summed E-state index contributed by atoms with van der Waals surface area (Å²) in [5, 5.41) is 0.326.